The largest absolute Gasteiger partial charge is 0.462 e. The van der Waals surface area contributed by atoms with Gasteiger partial charge in [-0.25, -0.2) is 0 Å². The van der Waals surface area contributed by atoms with Gasteiger partial charge in [-0.2, -0.15) is 0 Å². The van der Waals surface area contributed by atoms with Gasteiger partial charge in [-0.05, 0) is 91.8 Å². The molecule has 0 aromatic rings. The summed E-state index contributed by atoms with van der Waals surface area (Å²) in [7, 11) is 0. The quantitative estimate of drug-likeness (QED) is 0.324. The number of amides is 1. The Kier molecular flexibility index (Phi) is 5.76. The van der Waals surface area contributed by atoms with Crippen LogP contribution in [0, 0.1) is 46.3 Å². The van der Waals surface area contributed by atoms with Gasteiger partial charge in [0, 0.05) is 32.7 Å². The molecule has 0 aromatic carbocycles. The van der Waals surface area contributed by atoms with Gasteiger partial charge in [0.1, 0.15) is 11.8 Å². The van der Waals surface area contributed by atoms with Gasteiger partial charge >= 0.3 is 5.97 Å². The number of nitrogens with zero attached hydrogens (tertiary/aromatic N) is 1. The van der Waals surface area contributed by atoms with Gasteiger partial charge in [0.25, 0.3) is 0 Å². The van der Waals surface area contributed by atoms with E-state index in [1.807, 2.05) is 0 Å². The van der Waals surface area contributed by atoms with Crippen molar-refractivity contribution in [2.45, 2.75) is 117 Å². The van der Waals surface area contributed by atoms with Crippen LogP contribution in [0.2, 0.25) is 0 Å². The van der Waals surface area contributed by atoms with Crippen molar-refractivity contribution in [1.29, 1.82) is 0 Å². The van der Waals surface area contributed by atoms with Crippen molar-refractivity contribution < 1.29 is 19.1 Å². The second-order valence-corrected chi connectivity index (χ2v) is 14.1. The molecule has 2 saturated heterocycles. The van der Waals surface area contributed by atoms with Gasteiger partial charge in [0.15, 0.2) is 0 Å². The minimum Gasteiger partial charge on any atom is -0.462 e. The molecule has 0 N–H and O–H groups in total. The molecule has 36 heavy (non-hydrogen) atoms. The van der Waals surface area contributed by atoms with E-state index in [1.54, 1.807) is 12.5 Å². The van der Waals surface area contributed by atoms with Crippen LogP contribution < -0.4 is 0 Å². The Morgan fingerprint density at radius 2 is 1.83 bits per heavy atom. The molecule has 3 saturated carbocycles. The molecule has 0 aromatic heterocycles. The number of piperidine rings is 1. The van der Waals surface area contributed by atoms with Gasteiger partial charge in [-0.15, -0.1) is 0 Å². The highest BCUT2D eigenvalue weighted by Crippen LogP contribution is 2.70. The van der Waals surface area contributed by atoms with Crippen molar-refractivity contribution in [1.82, 2.24) is 4.90 Å². The first-order valence-corrected chi connectivity index (χ1v) is 14.8. The summed E-state index contributed by atoms with van der Waals surface area (Å²) in [6.07, 6.45) is 13.0. The Balaban J connectivity index is 1.26. The van der Waals surface area contributed by atoms with Gasteiger partial charge in [-0.3, -0.25) is 9.59 Å². The van der Waals surface area contributed by atoms with Crippen molar-refractivity contribution in [2.75, 3.05) is 6.54 Å². The molecule has 0 bridgehead atoms. The maximum Gasteiger partial charge on any atom is 0.302 e. The topological polar surface area (TPSA) is 55.8 Å². The van der Waals surface area contributed by atoms with E-state index < -0.39 is 0 Å². The molecule has 11 atom stereocenters. The van der Waals surface area contributed by atoms with Crippen LogP contribution in [0.25, 0.3) is 0 Å². The van der Waals surface area contributed by atoms with Crippen LogP contribution in [0.15, 0.2) is 11.6 Å². The monoisotopic (exact) mass is 497 g/mol. The minimum absolute atomic E-state index is 0.0611. The van der Waals surface area contributed by atoms with Crippen LogP contribution in [-0.2, 0) is 19.1 Å². The minimum atomic E-state index is -0.390. The number of carbonyl (C=O) groups excluding carboxylic acids is 2. The number of esters is 1. The number of hydrogen-bond acceptors (Lipinski definition) is 4. The summed E-state index contributed by atoms with van der Waals surface area (Å²) in [5, 5.41) is 0. The van der Waals surface area contributed by atoms with Gasteiger partial charge < -0.3 is 14.4 Å². The van der Waals surface area contributed by atoms with Gasteiger partial charge in [-0.1, -0.05) is 39.3 Å². The van der Waals surface area contributed by atoms with Crippen molar-refractivity contribution in [3.63, 3.8) is 0 Å². The molecule has 2 aliphatic heterocycles. The predicted octanol–water partition coefficient (Wildman–Crippen LogP) is 6.12. The molecule has 5 fully saturated rings. The zero-order valence-corrected chi connectivity index (χ0v) is 23.3. The lowest BCUT2D eigenvalue weighted by atomic mass is 9.46. The summed E-state index contributed by atoms with van der Waals surface area (Å²) >= 11 is 0. The summed E-state index contributed by atoms with van der Waals surface area (Å²) in [5.41, 5.74) is 1.70. The van der Waals surface area contributed by atoms with E-state index in [0.29, 0.717) is 23.7 Å². The van der Waals surface area contributed by atoms with Crippen LogP contribution in [0.4, 0.5) is 0 Å². The molecular weight excluding hydrogens is 450 g/mol. The first-order valence-electron chi connectivity index (χ1n) is 14.8. The smallest absolute Gasteiger partial charge is 0.302 e. The van der Waals surface area contributed by atoms with Crippen molar-refractivity contribution in [3.05, 3.63) is 11.6 Å². The zero-order chi connectivity index (χ0) is 25.6. The van der Waals surface area contributed by atoms with E-state index in [4.69, 9.17) is 9.47 Å². The molecule has 0 radical (unpaired) electrons. The number of rotatable bonds is 1. The lowest BCUT2D eigenvalue weighted by Crippen LogP contribution is -2.60. The first kappa shape index (κ1) is 24.9. The molecule has 1 spiro atoms. The molecule has 5 nitrogen and oxygen atoms in total. The lowest BCUT2D eigenvalue weighted by molar-refractivity contribution is -0.200. The predicted molar refractivity (Wildman–Crippen MR) is 139 cm³/mol. The van der Waals surface area contributed by atoms with E-state index in [0.717, 1.165) is 56.9 Å². The van der Waals surface area contributed by atoms with Crippen LogP contribution in [0.5, 0.6) is 0 Å². The Hall–Kier alpha value is -1.36. The molecule has 5 heteroatoms. The summed E-state index contributed by atoms with van der Waals surface area (Å²) in [4.78, 5) is 26.5. The first-order chi connectivity index (χ1) is 17.0. The third-order valence-corrected chi connectivity index (χ3v) is 12.4. The Morgan fingerprint density at radius 3 is 2.56 bits per heavy atom. The van der Waals surface area contributed by atoms with Gasteiger partial charge in [0.2, 0.25) is 5.91 Å². The molecule has 4 aliphatic carbocycles. The molecule has 2 heterocycles. The summed E-state index contributed by atoms with van der Waals surface area (Å²) in [5.74, 6) is 3.64. The van der Waals surface area contributed by atoms with Gasteiger partial charge in [0.05, 0.1) is 6.10 Å². The van der Waals surface area contributed by atoms with E-state index in [1.165, 1.54) is 26.2 Å². The summed E-state index contributed by atoms with van der Waals surface area (Å²) in [6, 6.07) is 0. The fourth-order valence-electron chi connectivity index (χ4n) is 10.8. The molecule has 6 rings (SSSR count). The van der Waals surface area contributed by atoms with Crippen LogP contribution in [0.1, 0.15) is 99.3 Å². The molecular formula is C31H47NO4. The number of allylic oxidation sites excluding steroid dienone is 1. The highest BCUT2D eigenvalue weighted by molar-refractivity contribution is 5.74. The van der Waals surface area contributed by atoms with Crippen molar-refractivity contribution in [3.8, 4) is 0 Å². The number of carbonyl (C=O) groups is 2. The molecule has 200 valence electrons. The molecule has 1 amide bonds. The van der Waals surface area contributed by atoms with Crippen LogP contribution in [-0.4, -0.2) is 41.3 Å². The lowest BCUT2D eigenvalue weighted by Gasteiger charge is -2.59. The normalized spacial score (nSPS) is 51.6. The Labute approximate surface area is 217 Å². The fourth-order valence-corrected chi connectivity index (χ4v) is 10.8. The van der Waals surface area contributed by atoms with E-state index in [2.05, 4.69) is 38.7 Å². The zero-order valence-electron chi connectivity index (χ0n) is 23.3. The summed E-state index contributed by atoms with van der Waals surface area (Å²) < 4.78 is 12.7. The number of ether oxygens (including phenoxy) is 2. The standard InChI is InChI=1S/C31H47NO4/c1-18-9-14-31(32(17-18)20(3)33)19(2)28-27(36-31)16-26-24-8-7-22-15-23(35-21(4)34)10-12-29(22,5)25(24)11-13-30(26,28)6/h7,18-19,23-28H,8-17H2,1-6H3/t18-,19-,23+,24-,25+,26+,27+,28+,29+,30+,31-/m1/s1. The average Bonchev–Trinajstić information content (AvgIpc) is 3.26. The maximum atomic E-state index is 12.8. The van der Waals surface area contributed by atoms with Crippen molar-refractivity contribution >= 4 is 11.9 Å². The summed E-state index contributed by atoms with van der Waals surface area (Å²) in [6.45, 7) is 13.9. The third kappa shape index (κ3) is 3.36. The number of hydrogen-bond donors (Lipinski definition) is 0. The highest BCUT2D eigenvalue weighted by atomic mass is 16.5. The molecule has 0 unspecified atom stereocenters. The van der Waals surface area contributed by atoms with E-state index in [-0.39, 0.29) is 40.6 Å². The highest BCUT2D eigenvalue weighted by Gasteiger charge is 2.69. The number of likely N-dealkylation sites (tertiary alicyclic amines) is 1. The Morgan fingerprint density at radius 1 is 1.06 bits per heavy atom. The van der Waals surface area contributed by atoms with Crippen LogP contribution in [0.3, 0.4) is 0 Å². The Bertz CT molecular complexity index is 976. The molecule has 6 aliphatic rings. The second-order valence-electron chi connectivity index (χ2n) is 14.1. The van der Waals surface area contributed by atoms with E-state index >= 15 is 0 Å². The average molecular weight is 498 g/mol. The second kappa shape index (κ2) is 8.32. The third-order valence-electron chi connectivity index (χ3n) is 12.4. The number of fused-ring (bicyclic) bond motifs is 7. The fraction of sp³-hybridized carbons (Fsp3) is 0.871. The van der Waals surface area contributed by atoms with Crippen molar-refractivity contribution in [2.24, 2.45) is 46.3 Å². The van der Waals surface area contributed by atoms with E-state index in [9.17, 15) is 9.59 Å². The van der Waals surface area contributed by atoms with Crippen LogP contribution >= 0.6 is 0 Å². The maximum absolute atomic E-state index is 12.8. The SMILES string of the molecule is CC(=O)O[C@H]1CC[C@@]2(C)C(=CC[C@H]3[C@@H]4C[C@@H]5O[C@]6(CC[C@@H](C)CN6C(C)=O)[C@H](C)[C@@H]5[C@@]4(C)CC[C@@H]32)C1.